The molecule has 2 spiro atoms. The molecule has 158 valence electrons. The van der Waals surface area contributed by atoms with Gasteiger partial charge >= 0.3 is 0 Å². The zero-order valence-electron chi connectivity index (χ0n) is 17.2. The van der Waals surface area contributed by atoms with Gasteiger partial charge in [0.25, 0.3) is 0 Å². The Morgan fingerprint density at radius 1 is 1.17 bits per heavy atom. The number of aliphatic imine (C=N–C) groups is 1. The molecule has 0 saturated heterocycles. The molecule has 1 saturated carbocycles. The summed E-state index contributed by atoms with van der Waals surface area (Å²) in [6.07, 6.45) is 5.10. The number of benzene rings is 2. The molecule has 0 radical (unpaired) electrons. The average molecular weight is 428 g/mol. The van der Waals surface area contributed by atoms with Crippen LogP contribution in [0.1, 0.15) is 36.8 Å². The molecule has 1 fully saturated rings. The minimum Gasteiger partial charge on any atom is -0.457 e. The third-order valence-electron chi connectivity index (χ3n) is 6.81. The fraction of sp³-hybridized carbons (Fsp3) is 0.435. The minimum atomic E-state index is -0.826. The molecule has 0 aromatic heterocycles. The summed E-state index contributed by atoms with van der Waals surface area (Å²) in [5.74, 6) is 1.82. The summed E-state index contributed by atoms with van der Waals surface area (Å²) in [6, 6.07) is 13.6. The number of hydroxylamine groups is 2. The molecule has 7 heteroatoms. The number of nitrogens with zero attached hydrogens (tertiary/aromatic N) is 2. The lowest BCUT2D eigenvalue weighted by atomic mass is 9.66. The van der Waals surface area contributed by atoms with Crippen LogP contribution in [0.2, 0.25) is 5.02 Å². The van der Waals surface area contributed by atoms with Crippen LogP contribution in [0, 0.1) is 5.41 Å². The highest BCUT2D eigenvalue weighted by Gasteiger charge is 2.63. The average Bonchev–Trinajstić information content (AvgIpc) is 3.17. The first-order valence-corrected chi connectivity index (χ1v) is 10.7. The van der Waals surface area contributed by atoms with Crippen LogP contribution in [0.5, 0.6) is 11.5 Å². The largest absolute Gasteiger partial charge is 0.457 e. The molecule has 3 aliphatic rings. The van der Waals surface area contributed by atoms with Crippen LogP contribution in [0.25, 0.3) is 0 Å². The summed E-state index contributed by atoms with van der Waals surface area (Å²) >= 11 is 6.11. The van der Waals surface area contributed by atoms with Gasteiger partial charge in [-0.3, -0.25) is 0 Å². The number of hydrogen-bond donors (Lipinski definition) is 1. The minimum absolute atomic E-state index is 0.144. The molecule has 5 rings (SSSR count). The molecule has 6 nitrogen and oxygen atoms in total. The summed E-state index contributed by atoms with van der Waals surface area (Å²) in [6.45, 7) is 0. The predicted molar refractivity (Wildman–Crippen MR) is 116 cm³/mol. The predicted octanol–water partition coefficient (Wildman–Crippen LogP) is 4.61. The van der Waals surface area contributed by atoms with Gasteiger partial charge in [-0.1, -0.05) is 23.7 Å². The number of rotatable bonds is 3. The van der Waals surface area contributed by atoms with E-state index < -0.39 is 5.72 Å². The summed E-state index contributed by atoms with van der Waals surface area (Å²) in [5.41, 5.74) is 7.49. The van der Waals surface area contributed by atoms with E-state index in [1.165, 1.54) is 5.56 Å². The van der Waals surface area contributed by atoms with E-state index in [9.17, 15) is 0 Å². The Balaban J connectivity index is 1.55. The van der Waals surface area contributed by atoms with Crippen molar-refractivity contribution in [1.29, 1.82) is 0 Å². The molecule has 1 heterocycles. The SMILES string of the molecule is COC1CCC2(CC1)Cc1ccc(Oc3cccc(Cl)c3)cc1C21N=C(N)N(C)O1. The van der Waals surface area contributed by atoms with Crippen LogP contribution in [0.4, 0.5) is 0 Å². The molecule has 2 N–H and O–H groups in total. The van der Waals surface area contributed by atoms with Crippen molar-refractivity contribution in [1.82, 2.24) is 5.06 Å². The zero-order valence-corrected chi connectivity index (χ0v) is 18.0. The quantitative estimate of drug-likeness (QED) is 0.774. The third kappa shape index (κ3) is 2.97. The standard InChI is InChI=1S/C23H26ClN3O3/c1-27-21(25)26-23(30-27)20-13-19(29-18-5-3-4-16(24)12-18)7-6-15(20)14-22(23)10-8-17(28-2)9-11-22/h3-7,12-13,17H,8-11,14H2,1-2H3,(H2,25,26). The number of ether oxygens (including phenoxy) is 2. The van der Waals surface area contributed by atoms with E-state index >= 15 is 0 Å². The van der Waals surface area contributed by atoms with Crippen molar-refractivity contribution in [3.63, 3.8) is 0 Å². The van der Waals surface area contributed by atoms with Gasteiger partial charge in [0, 0.05) is 30.2 Å². The molecule has 1 atom stereocenters. The maximum Gasteiger partial charge on any atom is 0.220 e. The first-order chi connectivity index (χ1) is 14.4. The van der Waals surface area contributed by atoms with E-state index in [1.807, 2.05) is 37.4 Å². The van der Waals surface area contributed by atoms with Crippen molar-refractivity contribution in [2.75, 3.05) is 14.2 Å². The van der Waals surface area contributed by atoms with E-state index in [4.69, 9.17) is 36.6 Å². The highest BCUT2D eigenvalue weighted by molar-refractivity contribution is 6.30. The Bertz CT molecular complexity index is 1000. The Labute approximate surface area is 181 Å². The monoisotopic (exact) mass is 427 g/mol. The van der Waals surface area contributed by atoms with Crippen LogP contribution in [-0.2, 0) is 21.7 Å². The van der Waals surface area contributed by atoms with Crippen molar-refractivity contribution in [2.24, 2.45) is 16.1 Å². The van der Waals surface area contributed by atoms with Gasteiger partial charge in [0.2, 0.25) is 11.7 Å². The zero-order chi connectivity index (χ0) is 20.9. The Morgan fingerprint density at radius 3 is 2.60 bits per heavy atom. The fourth-order valence-electron chi connectivity index (χ4n) is 5.24. The molecule has 2 aliphatic carbocycles. The number of halogens is 1. The van der Waals surface area contributed by atoms with Crippen LogP contribution in [0.3, 0.4) is 0 Å². The van der Waals surface area contributed by atoms with Crippen LogP contribution in [0.15, 0.2) is 47.5 Å². The van der Waals surface area contributed by atoms with E-state index in [0.29, 0.717) is 22.8 Å². The summed E-state index contributed by atoms with van der Waals surface area (Å²) < 4.78 is 11.7. The van der Waals surface area contributed by atoms with E-state index in [1.54, 1.807) is 18.2 Å². The number of methoxy groups -OCH3 is 1. The molecular weight excluding hydrogens is 402 g/mol. The molecule has 0 bridgehead atoms. The fourth-order valence-corrected chi connectivity index (χ4v) is 5.42. The van der Waals surface area contributed by atoms with Crippen molar-refractivity contribution >= 4 is 17.6 Å². The second-order valence-electron chi connectivity index (χ2n) is 8.47. The second-order valence-corrected chi connectivity index (χ2v) is 8.91. The van der Waals surface area contributed by atoms with Gasteiger partial charge in [-0.15, -0.1) is 0 Å². The normalized spacial score (nSPS) is 30.0. The maximum absolute atomic E-state index is 6.42. The smallest absolute Gasteiger partial charge is 0.220 e. The van der Waals surface area contributed by atoms with Gasteiger partial charge in [-0.2, -0.15) is 0 Å². The third-order valence-corrected chi connectivity index (χ3v) is 7.05. The topological polar surface area (TPSA) is 69.3 Å². The second kappa shape index (κ2) is 7.15. The van der Waals surface area contributed by atoms with Gasteiger partial charge in [0.05, 0.1) is 6.10 Å². The lowest BCUT2D eigenvalue weighted by Crippen LogP contribution is -2.46. The van der Waals surface area contributed by atoms with Crippen molar-refractivity contribution < 1.29 is 14.3 Å². The number of fused-ring (bicyclic) bond motifs is 3. The summed E-state index contributed by atoms with van der Waals surface area (Å²) in [5, 5.41) is 2.22. The molecule has 2 aromatic carbocycles. The molecule has 1 aliphatic heterocycles. The van der Waals surface area contributed by atoms with Crippen LogP contribution < -0.4 is 10.5 Å². The number of guanidine groups is 1. The van der Waals surface area contributed by atoms with Crippen LogP contribution in [-0.4, -0.2) is 31.3 Å². The Hall–Kier alpha value is -2.28. The first-order valence-electron chi connectivity index (χ1n) is 10.3. The van der Waals surface area contributed by atoms with E-state index in [-0.39, 0.29) is 5.41 Å². The van der Waals surface area contributed by atoms with E-state index in [0.717, 1.165) is 43.4 Å². The highest BCUT2D eigenvalue weighted by atomic mass is 35.5. The Kier molecular flexibility index (Phi) is 4.69. The van der Waals surface area contributed by atoms with Crippen molar-refractivity contribution in [2.45, 2.75) is 43.9 Å². The lowest BCUT2D eigenvalue weighted by Gasteiger charge is -2.45. The highest BCUT2D eigenvalue weighted by Crippen LogP contribution is 2.62. The molecule has 1 unspecified atom stereocenters. The van der Waals surface area contributed by atoms with Crippen molar-refractivity contribution in [3.8, 4) is 11.5 Å². The van der Waals surface area contributed by atoms with Gasteiger partial charge in [0.1, 0.15) is 11.5 Å². The Morgan fingerprint density at radius 2 is 1.93 bits per heavy atom. The van der Waals surface area contributed by atoms with Crippen molar-refractivity contribution in [3.05, 3.63) is 58.6 Å². The molecule has 0 amide bonds. The van der Waals surface area contributed by atoms with Gasteiger partial charge in [-0.05, 0) is 68.0 Å². The van der Waals surface area contributed by atoms with Gasteiger partial charge < -0.3 is 15.2 Å². The summed E-state index contributed by atoms with van der Waals surface area (Å²) in [4.78, 5) is 11.3. The number of hydrogen-bond acceptors (Lipinski definition) is 6. The van der Waals surface area contributed by atoms with E-state index in [2.05, 4.69) is 6.07 Å². The van der Waals surface area contributed by atoms with Crippen LogP contribution >= 0.6 is 11.6 Å². The molecule has 2 aromatic rings. The first kappa shape index (κ1) is 19.7. The van der Waals surface area contributed by atoms with Gasteiger partial charge in [0.15, 0.2) is 0 Å². The van der Waals surface area contributed by atoms with Gasteiger partial charge in [-0.25, -0.2) is 14.9 Å². The summed E-state index contributed by atoms with van der Waals surface area (Å²) in [7, 11) is 3.60. The lowest BCUT2D eigenvalue weighted by molar-refractivity contribution is -0.232. The maximum atomic E-state index is 6.42. The molecular formula is C23H26ClN3O3. The molecule has 30 heavy (non-hydrogen) atoms. The number of nitrogens with two attached hydrogens (primary N) is 1.